The molecule has 0 fully saturated rings. The van der Waals surface area contributed by atoms with E-state index in [2.05, 4.69) is 9.97 Å². The van der Waals surface area contributed by atoms with E-state index in [1.807, 2.05) is 0 Å². The molecule has 0 saturated carbocycles. The minimum Gasteiger partial charge on any atom is -0.508 e. The number of benzene rings is 1. The average molecular weight is 311 g/mol. The second kappa shape index (κ2) is 5.47. The summed E-state index contributed by atoms with van der Waals surface area (Å²) in [6, 6.07) is 3.92. The topological polar surface area (TPSA) is 49.3 Å². The van der Waals surface area contributed by atoms with Crippen LogP contribution < -0.4 is 4.90 Å². The molecule has 1 N–H and O–H groups in total. The van der Waals surface area contributed by atoms with Gasteiger partial charge in [-0.05, 0) is 43.2 Å². The lowest BCUT2D eigenvalue weighted by Gasteiger charge is -2.17. The van der Waals surface area contributed by atoms with E-state index < -0.39 is 11.9 Å². The predicted molar refractivity (Wildman–Crippen MR) is 77.9 cm³/mol. The molecule has 0 unspecified atom stereocenters. The first-order valence-electron chi connectivity index (χ1n) is 6.54. The van der Waals surface area contributed by atoms with Gasteiger partial charge in [0, 0.05) is 19.7 Å². The molecule has 7 heteroatoms. The molecule has 0 amide bonds. The van der Waals surface area contributed by atoms with Gasteiger partial charge < -0.3 is 10.0 Å². The number of halogens is 3. The summed E-state index contributed by atoms with van der Waals surface area (Å²) in [4.78, 5) is 9.17. The van der Waals surface area contributed by atoms with Crippen LogP contribution in [0.5, 0.6) is 5.75 Å². The van der Waals surface area contributed by atoms with Gasteiger partial charge in [0.25, 0.3) is 0 Å². The Labute approximate surface area is 126 Å². The Morgan fingerprint density at radius 3 is 2.00 bits per heavy atom. The van der Waals surface area contributed by atoms with Gasteiger partial charge in [0.05, 0.1) is 5.69 Å². The summed E-state index contributed by atoms with van der Waals surface area (Å²) >= 11 is 0. The van der Waals surface area contributed by atoms with Gasteiger partial charge in [0.1, 0.15) is 5.75 Å². The van der Waals surface area contributed by atoms with E-state index in [0.29, 0.717) is 16.7 Å². The summed E-state index contributed by atoms with van der Waals surface area (Å²) in [6.45, 7) is 3.43. The fraction of sp³-hybridized carbons (Fsp3) is 0.333. The molecule has 2 rings (SSSR count). The molecule has 0 atom stereocenters. The standard InChI is InChI=1S/C15H16F3N3O/c1-8-5-10(22)6-9(2)13(8)11-7-12(15(16,17)18)20-14(19-11)21(3)4/h5-7,22H,1-4H3. The quantitative estimate of drug-likeness (QED) is 0.921. The summed E-state index contributed by atoms with van der Waals surface area (Å²) in [5, 5.41) is 9.57. The lowest BCUT2D eigenvalue weighted by atomic mass is 9.99. The fourth-order valence-electron chi connectivity index (χ4n) is 2.25. The monoisotopic (exact) mass is 311 g/mol. The molecular weight excluding hydrogens is 295 g/mol. The van der Waals surface area contributed by atoms with Crippen LogP contribution in [0.15, 0.2) is 18.2 Å². The Morgan fingerprint density at radius 2 is 1.55 bits per heavy atom. The number of hydrogen-bond donors (Lipinski definition) is 1. The minimum absolute atomic E-state index is 0.0169. The van der Waals surface area contributed by atoms with Crippen LogP contribution in [0.2, 0.25) is 0 Å². The van der Waals surface area contributed by atoms with Crippen LogP contribution in [0, 0.1) is 13.8 Å². The van der Waals surface area contributed by atoms with Crippen molar-refractivity contribution in [1.29, 1.82) is 0 Å². The number of phenolic OH excluding ortho intramolecular Hbond substituents is 1. The molecule has 0 spiro atoms. The summed E-state index contributed by atoms with van der Waals surface area (Å²) in [5.74, 6) is 0.0494. The van der Waals surface area contributed by atoms with E-state index in [9.17, 15) is 18.3 Å². The number of phenols is 1. The van der Waals surface area contributed by atoms with Crippen molar-refractivity contribution in [3.63, 3.8) is 0 Å². The Morgan fingerprint density at radius 1 is 1.00 bits per heavy atom. The zero-order valence-electron chi connectivity index (χ0n) is 12.7. The molecule has 0 saturated heterocycles. The summed E-state index contributed by atoms with van der Waals surface area (Å²) in [5.41, 5.74) is 1.05. The zero-order valence-corrected chi connectivity index (χ0v) is 12.7. The summed E-state index contributed by atoms with van der Waals surface area (Å²) in [7, 11) is 3.16. The second-order valence-electron chi connectivity index (χ2n) is 5.29. The van der Waals surface area contributed by atoms with Gasteiger partial charge in [-0.15, -0.1) is 0 Å². The Kier molecular flexibility index (Phi) is 4.00. The number of hydrogen-bond acceptors (Lipinski definition) is 4. The largest absolute Gasteiger partial charge is 0.508 e. The van der Waals surface area contributed by atoms with E-state index in [4.69, 9.17) is 0 Å². The smallest absolute Gasteiger partial charge is 0.433 e. The maximum Gasteiger partial charge on any atom is 0.433 e. The van der Waals surface area contributed by atoms with Crippen molar-refractivity contribution in [2.45, 2.75) is 20.0 Å². The number of aryl methyl sites for hydroxylation is 2. The highest BCUT2D eigenvalue weighted by atomic mass is 19.4. The van der Waals surface area contributed by atoms with Crippen LogP contribution in [-0.2, 0) is 6.18 Å². The van der Waals surface area contributed by atoms with Crippen molar-refractivity contribution < 1.29 is 18.3 Å². The molecular formula is C15H16F3N3O. The van der Waals surface area contributed by atoms with Gasteiger partial charge in [-0.2, -0.15) is 13.2 Å². The lowest BCUT2D eigenvalue weighted by molar-refractivity contribution is -0.141. The van der Waals surface area contributed by atoms with Crippen LogP contribution in [0.3, 0.4) is 0 Å². The third kappa shape index (κ3) is 3.13. The first-order valence-corrected chi connectivity index (χ1v) is 6.54. The van der Waals surface area contributed by atoms with Crippen LogP contribution in [0.4, 0.5) is 19.1 Å². The molecule has 4 nitrogen and oxygen atoms in total. The van der Waals surface area contributed by atoms with Gasteiger partial charge in [0.15, 0.2) is 5.69 Å². The Bertz CT molecular complexity index is 689. The number of aromatic nitrogens is 2. The van der Waals surface area contributed by atoms with E-state index in [1.54, 1.807) is 27.9 Å². The summed E-state index contributed by atoms with van der Waals surface area (Å²) in [6.07, 6.45) is -4.55. The molecule has 0 aliphatic carbocycles. The van der Waals surface area contributed by atoms with E-state index >= 15 is 0 Å². The number of alkyl halides is 3. The number of anilines is 1. The second-order valence-corrected chi connectivity index (χ2v) is 5.29. The highest BCUT2D eigenvalue weighted by molar-refractivity contribution is 5.70. The highest BCUT2D eigenvalue weighted by Gasteiger charge is 2.34. The average Bonchev–Trinajstić information content (AvgIpc) is 2.36. The molecule has 1 heterocycles. The van der Waals surface area contributed by atoms with Crippen LogP contribution in [-0.4, -0.2) is 29.2 Å². The molecule has 22 heavy (non-hydrogen) atoms. The molecule has 0 aliphatic heterocycles. The van der Waals surface area contributed by atoms with Gasteiger partial charge in [-0.3, -0.25) is 0 Å². The van der Waals surface area contributed by atoms with Crippen LogP contribution in [0.25, 0.3) is 11.3 Å². The molecule has 0 radical (unpaired) electrons. The first-order chi connectivity index (χ1) is 10.1. The third-order valence-corrected chi connectivity index (χ3v) is 3.18. The van der Waals surface area contributed by atoms with Gasteiger partial charge in [0.2, 0.25) is 5.95 Å². The molecule has 2 aromatic rings. The molecule has 0 bridgehead atoms. The number of rotatable bonds is 2. The van der Waals surface area contributed by atoms with Gasteiger partial charge in [-0.25, -0.2) is 9.97 Å². The molecule has 1 aromatic carbocycles. The van der Waals surface area contributed by atoms with Crippen molar-refractivity contribution in [1.82, 2.24) is 9.97 Å². The van der Waals surface area contributed by atoms with Crippen molar-refractivity contribution in [3.8, 4) is 17.0 Å². The number of aromatic hydroxyl groups is 1. The maximum atomic E-state index is 13.0. The maximum absolute atomic E-state index is 13.0. The highest BCUT2D eigenvalue weighted by Crippen LogP contribution is 2.34. The normalized spacial score (nSPS) is 11.6. The Hall–Kier alpha value is -2.31. The Balaban J connectivity index is 2.73. The van der Waals surface area contributed by atoms with Crippen molar-refractivity contribution in [2.24, 2.45) is 0 Å². The third-order valence-electron chi connectivity index (χ3n) is 3.18. The fourth-order valence-corrected chi connectivity index (χ4v) is 2.25. The molecule has 0 aliphatic rings. The number of nitrogens with zero attached hydrogens (tertiary/aromatic N) is 3. The predicted octanol–water partition coefficient (Wildman–Crippen LogP) is 3.55. The van der Waals surface area contributed by atoms with E-state index in [-0.39, 0.29) is 17.4 Å². The van der Waals surface area contributed by atoms with Crippen LogP contribution in [0.1, 0.15) is 16.8 Å². The van der Waals surface area contributed by atoms with Gasteiger partial charge >= 0.3 is 6.18 Å². The molecule has 118 valence electrons. The van der Waals surface area contributed by atoms with Crippen molar-refractivity contribution >= 4 is 5.95 Å². The molecule has 1 aromatic heterocycles. The van der Waals surface area contributed by atoms with Crippen molar-refractivity contribution in [2.75, 3.05) is 19.0 Å². The van der Waals surface area contributed by atoms with Gasteiger partial charge in [-0.1, -0.05) is 0 Å². The van der Waals surface area contributed by atoms with E-state index in [0.717, 1.165) is 6.07 Å². The minimum atomic E-state index is -4.55. The van der Waals surface area contributed by atoms with E-state index in [1.165, 1.54) is 17.0 Å². The first kappa shape index (κ1) is 16.1. The SMILES string of the molecule is Cc1cc(O)cc(C)c1-c1cc(C(F)(F)F)nc(N(C)C)n1. The zero-order chi connectivity index (χ0) is 16.7. The van der Waals surface area contributed by atoms with Crippen molar-refractivity contribution in [3.05, 3.63) is 35.0 Å². The summed E-state index contributed by atoms with van der Waals surface area (Å²) < 4.78 is 39.1. The van der Waals surface area contributed by atoms with Crippen LogP contribution >= 0.6 is 0 Å². The lowest BCUT2D eigenvalue weighted by Crippen LogP contribution is -2.17.